The molecule has 1 aliphatic heterocycles. The lowest BCUT2D eigenvalue weighted by atomic mass is 9.94. The molecule has 2 heterocycles. The number of esters is 1. The second-order valence-electron chi connectivity index (χ2n) is 8.25. The van der Waals surface area contributed by atoms with Crippen LogP contribution >= 0.6 is 24.8 Å². The monoisotopic (exact) mass is 507 g/mol. The SMILES string of the molecule is CCOC(=O)C(Cc1cc2cc(C(=N)N)ccc2o1)c1ccc(O[C@H]2CCN(C)C2)cc1.Cl.Cl. The predicted molar refractivity (Wildman–Crippen MR) is 138 cm³/mol. The standard InChI is InChI=1S/C25H29N3O4.2ClH/c1-3-30-25(29)22(14-21-13-18-12-17(24(26)27)6-9-23(18)32-21)16-4-7-19(8-5-16)31-20-10-11-28(2)15-20;;/h4-9,12-13,20,22H,3,10-11,14-15H2,1-2H3,(H3,26,27);2*1H/t20-,22?;;/m0../s1. The fourth-order valence-electron chi connectivity index (χ4n) is 4.11. The van der Waals surface area contributed by atoms with E-state index in [1.807, 2.05) is 36.4 Å². The lowest BCUT2D eigenvalue weighted by Gasteiger charge is -2.17. The molecule has 184 valence electrons. The highest BCUT2D eigenvalue weighted by molar-refractivity contribution is 5.98. The third-order valence-electron chi connectivity index (χ3n) is 5.79. The molecule has 3 N–H and O–H groups in total. The van der Waals surface area contributed by atoms with Crippen LogP contribution in [0.15, 0.2) is 52.9 Å². The number of hydrogen-bond donors (Lipinski definition) is 2. The van der Waals surface area contributed by atoms with Gasteiger partial charge in [0.15, 0.2) is 0 Å². The lowest BCUT2D eigenvalue weighted by molar-refractivity contribution is -0.145. The Morgan fingerprint density at radius 3 is 2.56 bits per heavy atom. The molecule has 1 saturated heterocycles. The van der Waals surface area contributed by atoms with Crippen molar-refractivity contribution in [2.24, 2.45) is 5.73 Å². The largest absolute Gasteiger partial charge is 0.489 e. The van der Waals surface area contributed by atoms with Crippen LogP contribution in [0.2, 0.25) is 0 Å². The van der Waals surface area contributed by atoms with Gasteiger partial charge >= 0.3 is 5.97 Å². The number of halogens is 2. The first-order chi connectivity index (χ1) is 15.4. The van der Waals surface area contributed by atoms with E-state index >= 15 is 0 Å². The number of hydrogen-bond acceptors (Lipinski definition) is 6. The van der Waals surface area contributed by atoms with Gasteiger partial charge < -0.3 is 24.5 Å². The fraction of sp³-hybridized carbons (Fsp3) is 0.360. The number of likely N-dealkylation sites (tertiary alicyclic amines) is 1. The van der Waals surface area contributed by atoms with Crippen molar-refractivity contribution >= 4 is 47.6 Å². The summed E-state index contributed by atoms with van der Waals surface area (Å²) in [7, 11) is 2.09. The van der Waals surface area contributed by atoms with Crippen LogP contribution < -0.4 is 10.5 Å². The van der Waals surface area contributed by atoms with Gasteiger partial charge in [-0.2, -0.15) is 0 Å². The third kappa shape index (κ3) is 6.44. The van der Waals surface area contributed by atoms with E-state index in [-0.39, 0.29) is 42.7 Å². The molecule has 0 radical (unpaired) electrons. The summed E-state index contributed by atoms with van der Waals surface area (Å²) < 4.78 is 17.4. The second-order valence-corrected chi connectivity index (χ2v) is 8.25. The van der Waals surface area contributed by atoms with Crippen molar-refractivity contribution in [3.63, 3.8) is 0 Å². The molecule has 1 aromatic heterocycles. The molecule has 9 heteroatoms. The number of benzene rings is 2. The number of likely N-dealkylation sites (N-methyl/N-ethyl adjacent to an activating group) is 1. The van der Waals surface area contributed by atoms with E-state index in [0.29, 0.717) is 29.9 Å². The van der Waals surface area contributed by atoms with Crippen LogP contribution in [0.4, 0.5) is 0 Å². The van der Waals surface area contributed by atoms with Crippen molar-refractivity contribution in [3.8, 4) is 5.75 Å². The first-order valence-electron chi connectivity index (χ1n) is 10.9. The summed E-state index contributed by atoms with van der Waals surface area (Å²) in [6, 6.07) is 14.9. The topological polar surface area (TPSA) is 102 Å². The molecular formula is C25H31Cl2N3O4. The highest BCUT2D eigenvalue weighted by atomic mass is 35.5. The maximum Gasteiger partial charge on any atom is 0.313 e. The molecule has 0 bridgehead atoms. The zero-order valence-corrected chi connectivity index (χ0v) is 20.9. The van der Waals surface area contributed by atoms with Crippen molar-refractivity contribution < 1.29 is 18.7 Å². The summed E-state index contributed by atoms with van der Waals surface area (Å²) in [4.78, 5) is 15.0. The molecule has 1 aliphatic rings. The molecule has 0 saturated carbocycles. The zero-order valence-electron chi connectivity index (χ0n) is 19.3. The van der Waals surface area contributed by atoms with Crippen molar-refractivity contribution in [2.45, 2.75) is 31.8 Å². The number of nitrogens with one attached hydrogen (secondary N) is 1. The Labute approximate surface area is 211 Å². The number of carbonyl (C=O) groups excluding carboxylic acids is 1. The van der Waals surface area contributed by atoms with Gasteiger partial charge in [0.05, 0.1) is 12.5 Å². The highest BCUT2D eigenvalue weighted by Crippen LogP contribution is 2.29. The number of rotatable bonds is 8. The fourth-order valence-corrected chi connectivity index (χ4v) is 4.11. The van der Waals surface area contributed by atoms with Crippen LogP contribution in [-0.2, 0) is 16.0 Å². The van der Waals surface area contributed by atoms with Gasteiger partial charge in [-0.15, -0.1) is 24.8 Å². The quantitative estimate of drug-likeness (QED) is 0.263. The van der Waals surface area contributed by atoms with Crippen molar-refractivity contribution in [2.75, 3.05) is 26.7 Å². The van der Waals surface area contributed by atoms with E-state index in [4.69, 9.17) is 25.0 Å². The van der Waals surface area contributed by atoms with E-state index in [0.717, 1.165) is 36.2 Å². The molecule has 0 aliphatic carbocycles. The number of furan rings is 1. The second kappa shape index (κ2) is 12.1. The Bertz CT molecular complexity index is 1120. The first kappa shape index (κ1) is 27.5. The number of nitrogen functional groups attached to an aromatic ring is 1. The smallest absolute Gasteiger partial charge is 0.313 e. The Morgan fingerprint density at radius 1 is 1.21 bits per heavy atom. The number of fused-ring (bicyclic) bond motifs is 1. The molecule has 2 atom stereocenters. The zero-order chi connectivity index (χ0) is 22.7. The third-order valence-corrected chi connectivity index (χ3v) is 5.79. The lowest BCUT2D eigenvalue weighted by Crippen LogP contribution is -2.21. The van der Waals surface area contributed by atoms with Crippen molar-refractivity contribution in [1.82, 2.24) is 4.90 Å². The molecule has 0 spiro atoms. The van der Waals surface area contributed by atoms with Crippen LogP contribution in [0, 0.1) is 5.41 Å². The van der Waals surface area contributed by atoms with Gasteiger partial charge in [0.1, 0.15) is 29.0 Å². The van der Waals surface area contributed by atoms with Crippen LogP contribution in [0.25, 0.3) is 11.0 Å². The molecule has 34 heavy (non-hydrogen) atoms. The Morgan fingerprint density at radius 2 is 1.94 bits per heavy atom. The van der Waals surface area contributed by atoms with Gasteiger partial charge in [0.25, 0.3) is 0 Å². The van der Waals surface area contributed by atoms with E-state index < -0.39 is 5.92 Å². The van der Waals surface area contributed by atoms with Crippen molar-refractivity contribution in [1.29, 1.82) is 5.41 Å². The minimum atomic E-state index is -0.491. The van der Waals surface area contributed by atoms with E-state index in [1.54, 1.807) is 19.1 Å². The van der Waals surface area contributed by atoms with Crippen molar-refractivity contribution in [3.05, 3.63) is 65.4 Å². The van der Waals surface area contributed by atoms with E-state index in [1.165, 1.54) is 0 Å². The summed E-state index contributed by atoms with van der Waals surface area (Å²) in [5.41, 5.74) is 7.77. The predicted octanol–water partition coefficient (Wildman–Crippen LogP) is 4.53. The minimum Gasteiger partial charge on any atom is -0.489 e. The Kier molecular flexibility index (Phi) is 9.79. The maximum absolute atomic E-state index is 12.8. The van der Waals surface area contributed by atoms with Gasteiger partial charge in [-0.05, 0) is 62.4 Å². The summed E-state index contributed by atoms with van der Waals surface area (Å²) in [6.07, 6.45) is 1.58. The molecule has 1 fully saturated rings. The summed E-state index contributed by atoms with van der Waals surface area (Å²) in [5, 5.41) is 8.46. The van der Waals surface area contributed by atoms with Gasteiger partial charge in [0, 0.05) is 30.5 Å². The summed E-state index contributed by atoms with van der Waals surface area (Å²) in [6.45, 7) is 4.08. The van der Waals surface area contributed by atoms with Gasteiger partial charge in [-0.25, -0.2) is 0 Å². The Hall–Kier alpha value is -2.74. The van der Waals surface area contributed by atoms with Gasteiger partial charge in [-0.1, -0.05) is 12.1 Å². The number of nitrogens with zero attached hydrogens (tertiary/aromatic N) is 1. The number of ether oxygens (including phenoxy) is 2. The summed E-state index contributed by atoms with van der Waals surface area (Å²) in [5.74, 6) is 0.703. The average molecular weight is 508 g/mol. The summed E-state index contributed by atoms with van der Waals surface area (Å²) >= 11 is 0. The van der Waals surface area contributed by atoms with E-state index in [2.05, 4.69) is 11.9 Å². The molecule has 4 rings (SSSR count). The van der Waals surface area contributed by atoms with Crippen LogP contribution in [0.5, 0.6) is 5.75 Å². The molecule has 1 unspecified atom stereocenters. The first-order valence-corrected chi connectivity index (χ1v) is 10.9. The number of amidine groups is 1. The Balaban J connectivity index is 0.00000204. The van der Waals surface area contributed by atoms with E-state index in [9.17, 15) is 4.79 Å². The minimum absolute atomic E-state index is 0. The van der Waals surface area contributed by atoms with Crippen LogP contribution in [0.1, 0.15) is 36.1 Å². The van der Waals surface area contributed by atoms with Crippen LogP contribution in [-0.4, -0.2) is 49.6 Å². The molecule has 7 nitrogen and oxygen atoms in total. The van der Waals surface area contributed by atoms with Gasteiger partial charge in [0.2, 0.25) is 0 Å². The molecule has 3 aromatic rings. The average Bonchev–Trinajstić information content (AvgIpc) is 3.37. The maximum atomic E-state index is 12.8. The molecule has 0 amide bonds. The normalized spacial score (nSPS) is 16.4. The number of carbonyl (C=O) groups is 1. The molecular weight excluding hydrogens is 477 g/mol. The number of nitrogens with two attached hydrogens (primary N) is 1. The van der Waals surface area contributed by atoms with Gasteiger partial charge in [-0.3, -0.25) is 10.2 Å². The molecule has 2 aromatic carbocycles. The highest BCUT2D eigenvalue weighted by Gasteiger charge is 2.25. The van der Waals surface area contributed by atoms with Crippen LogP contribution in [0.3, 0.4) is 0 Å².